The number of carbonyl (C=O) groups is 3. The van der Waals surface area contributed by atoms with Gasteiger partial charge < -0.3 is 26.7 Å². The van der Waals surface area contributed by atoms with Crippen molar-refractivity contribution in [2.45, 2.75) is 147 Å². The number of esters is 3. The number of hydrogen-bond donors (Lipinski definition) is 3. The fourth-order valence-electron chi connectivity index (χ4n) is 4.02. The first kappa shape index (κ1) is 37.9. The number of halogens is 1. The topological polar surface area (TPSA) is 148 Å². The van der Waals surface area contributed by atoms with E-state index in [9.17, 15) is 14.4 Å². The average Bonchev–Trinajstić information content (AvgIpc) is 2.87. The molecular formula is C28H56ClN3O5. The van der Waals surface area contributed by atoms with Gasteiger partial charge in [0.05, 0.1) is 6.61 Å². The van der Waals surface area contributed by atoms with Crippen LogP contribution in [0.2, 0.25) is 0 Å². The van der Waals surface area contributed by atoms with Gasteiger partial charge in [0, 0.05) is 6.42 Å². The van der Waals surface area contributed by atoms with E-state index in [1.807, 2.05) is 0 Å². The van der Waals surface area contributed by atoms with E-state index in [0.29, 0.717) is 26.0 Å². The summed E-state index contributed by atoms with van der Waals surface area (Å²) in [6.07, 6.45) is 21.4. The van der Waals surface area contributed by atoms with E-state index in [2.05, 4.69) is 11.7 Å². The van der Waals surface area contributed by atoms with Gasteiger partial charge in [0.25, 0.3) is 0 Å². The summed E-state index contributed by atoms with van der Waals surface area (Å²) in [5, 5.41) is 0. The lowest BCUT2D eigenvalue weighted by Crippen LogP contribution is -2.36. The van der Waals surface area contributed by atoms with Gasteiger partial charge in [0.2, 0.25) is 0 Å². The van der Waals surface area contributed by atoms with E-state index in [-0.39, 0.29) is 25.2 Å². The molecule has 0 fully saturated rings. The Hall–Kier alpha value is -1.22. The van der Waals surface area contributed by atoms with Crippen LogP contribution in [0.3, 0.4) is 0 Å². The first-order valence-electron chi connectivity index (χ1n) is 14.5. The summed E-state index contributed by atoms with van der Waals surface area (Å²) >= 11 is 0. The van der Waals surface area contributed by atoms with Gasteiger partial charge in [-0.15, -0.1) is 12.4 Å². The number of nitrogens with two attached hydrogens (primary N) is 3. The highest BCUT2D eigenvalue weighted by atomic mass is 35.5. The van der Waals surface area contributed by atoms with Crippen molar-refractivity contribution in [2.75, 3.05) is 13.2 Å². The number of unbranched alkanes of at least 4 members (excludes halogenated alkanes) is 15. The Morgan fingerprint density at radius 1 is 0.622 bits per heavy atom. The predicted octanol–water partition coefficient (Wildman–Crippen LogP) is 5.46. The van der Waals surface area contributed by atoms with Crippen molar-refractivity contribution < 1.29 is 23.9 Å². The molecule has 2 atom stereocenters. The number of rotatable bonds is 25. The molecule has 0 saturated heterocycles. The summed E-state index contributed by atoms with van der Waals surface area (Å²) in [4.78, 5) is 35.4. The van der Waals surface area contributed by atoms with Gasteiger partial charge in [-0.2, -0.15) is 0 Å². The smallest absolute Gasteiger partial charge is 0.330 e. The maximum absolute atomic E-state index is 12.0. The van der Waals surface area contributed by atoms with Gasteiger partial charge in [-0.3, -0.25) is 9.59 Å². The van der Waals surface area contributed by atoms with Crippen molar-refractivity contribution in [3.8, 4) is 0 Å². The van der Waals surface area contributed by atoms with Crippen LogP contribution in [0.4, 0.5) is 0 Å². The first-order valence-corrected chi connectivity index (χ1v) is 14.5. The van der Waals surface area contributed by atoms with Crippen LogP contribution >= 0.6 is 12.4 Å². The van der Waals surface area contributed by atoms with Gasteiger partial charge in [-0.25, -0.2) is 4.79 Å². The van der Waals surface area contributed by atoms with Crippen LogP contribution in [0.1, 0.15) is 135 Å². The Morgan fingerprint density at radius 3 is 1.51 bits per heavy atom. The van der Waals surface area contributed by atoms with Crippen molar-refractivity contribution in [1.82, 2.24) is 0 Å². The normalized spacial score (nSPS) is 12.4. The van der Waals surface area contributed by atoms with Gasteiger partial charge >= 0.3 is 17.9 Å². The molecule has 0 aromatic carbocycles. The summed E-state index contributed by atoms with van der Waals surface area (Å²) in [6, 6.07) is -1.80. The van der Waals surface area contributed by atoms with Crippen LogP contribution in [0, 0.1) is 0 Å². The van der Waals surface area contributed by atoms with Gasteiger partial charge in [-0.05, 0) is 32.2 Å². The van der Waals surface area contributed by atoms with E-state index >= 15 is 0 Å². The molecule has 0 aliphatic rings. The third kappa shape index (κ3) is 24.9. The van der Waals surface area contributed by atoms with Crippen molar-refractivity contribution in [2.24, 2.45) is 17.2 Å². The van der Waals surface area contributed by atoms with Gasteiger partial charge in [-0.1, -0.05) is 103 Å². The molecule has 0 spiro atoms. The monoisotopic (exact) mass is 549 g/mol. The van der Waals surface area contributed by atoms with Crippen LogP contribution in [0.5, 0.6) is 0 Å². The summed E-state index contributed by atoms with van der Waals surface area (Å²) in [7, 11) is 0. The molecule has 0 aliphatic carbocycles. The molecule has 0 aliphatic heterocycles. The number of hydrogen-bond acceptors (Lipinski definition) is 8. The largest absolute Gasteiger partial charge is 0.465 e. The number of carbonyl (C=O) groups excluding carboxylic acids is 3. The van der Waals surface area contributed by atoms with Crippen molar-refractivity contribution in [3.05, 3.63) is 0 Å². The molecule has 8 nitrogen and oxygen atoms in total. The van der Waals surface area contributed by atoms with Crippen molar-refractivity contribution in [3.63, 3.8) is 0 Å². The molecule has 0 aromatic rings. The zero-order valence-electron chi connectivity index (χ0n) is 23.4. The van der Waals surface area contributed by atoms with Crippen LogP contribution in [-0.2, 0) is 23.9 Å². The second-order valence-corrected chi connectivity index (χ2v) is 9.95. The van der Waals surface area contributed by atoms with Crippen LogP contribution in [0.25, 0.3) is 0 Å². The lowest BCUT2D eigenvalue weighted by atomic mass is 10.0. The lowest BCUT2D eigenvalue weighted by molar-refractivity contribution is -0.160. The SMILES string of the molecule is CCCCCCCCCCCCCCCCCCOC(=O)[C@@H](N)CCC(=O)OC(=O)[C@H](N)CCCN.Cl. The summed E-state index contributed by atoms with van der Waals surface area (Å²) in [5.74, 6) is -2.06. The third-order valence-electron chi connectivity index (χ3n) is 6.44. The Morgan fingerprint density at radius 2 is 1.05 bits per heavy atom. The van der Waals surface area contributed by atoms with Crippen molar-refractivity contribution >= 4 is 30.3 Å². The van der Waals surface area contributed by atoms with E-state index in [4.69, 9.17) is 21.9 Å². The molecule has 9 heteroatoms. The Labute approximate surface area is 231 Å². The minimum absolute atomic E-state index is 0. The standard InChI is InChI=1S/C28H55N3O5.ClH/c1-2-3-4-5-6-7-8-9-10-11-12-13-14-15-16-17-23-35-27(33)25(31)20-21-26(32)36-28(34)24(30)19-18-22-29;/h24-25H,2-23,29-31H2,1H3;1H/t24-,25+;/m1./s1. The molecule has 0 bridgehead atoms. The molecule has 0 saturated carbocycles. The van der Waals surface area contributed by atoms with E-state index in [0.717, 1.165) is 19.3 Å². The lowest BCUT2D eigenvalue weighted by Gasteiger charge is -2.12. The van der Waals surface area contributed by atoms with Crippen LogP contribution in [0.15, 0.2) is 0 Å². The molecule has 0 amide bonds. The quantitative estimate of drug-likeness (QED) is 0.0772. The Bertz CT molecular complexity index is 566. The van der Waals surface area contributed by atoms with E-state index in [1.165, 1.54) is 83.5 Å². The molecule has 0 heterocycles. The highest BCUT2D eigenvalue weighted by molar-refractivity contribution is 5.88. The molecule has 0 rings (SSSR count). The fourth-order valence-corrected chi connectivity index (χ4v) is 4.02. The zero-order chi connectivity index (χ0) is 26.9. The Kier molecular flexibility index (Phi) is 28.5. The second kappa shape index (κ2) is 27.8. The maximum atomic E-state index is 12.0. The van der Waals surface area contributed by atoms with E-state index in [1.54, 1.807) is 0 Å². The molecule has 6 N–H and O–H groups in total. The first-order chi connectivity index (χ1) is 17.4. The highest BCUT2D eigenvalue weighted by Gasteiger charge is 2.21. The van der Waals surface area contributed by atoms with Crippen molar-refractivity contribution in [1.29, 1.82) is 0 Å². The summed E-state index contributed by atoms with van der Waals surface area (Å²) in [5.41, 5.74) is 16.8. The highest BCUT2D eigenvalue weighted by Crippen LogP contribution is 2.14. The van der Waals surface area contributed by atoms with E-state index < -0.39 is 30.0 Å². The minimum atomic E-state index is -0.917. The average molecular weight is 550 g/mol. The zero-order valence-corrected chi connectivity index (χ0v) is 24.2. The van der Waals surface area contributed by atoms with Crippen LogP contribution < -0.4 is 17.2 Å². The predicted molar refractivity (Wildman–Crippen MR) is 152 cm³/mol. The molecule has 0 unspecified atom stereocenters. The summed E-state index contributed by atoms with van der Waals surface area (Å²) < 4.78 is 9.89. The Balaban J connectivity index is 0. The third-order valence-corrected chi connectivity index (χ3v) is 6.44. The minimum Gasteiger partial charge on any atom is -0.465 e. The molecule has 0 radical (unpaired) electrons. The summed E-state index contributed by atoms with van der Waals surface area (Å²) in [6.45, 7) is 3.01. The molecule has 0 aromatic heterocycles. The maximum Gasteiger partial charge on any atom is 0.330 e. The van der Waals surface area contributed by atoms with Gasteiger partial charge in [0.15, 0.2) is 0 Å². The fraction of sp³-hybridized carbons (Fsp3) is 0.893. The molecule has 220 valence electrons. The number of ether oxygens (including phenoxy) is 2. The van der Waals surface area contributed by atoms with Crippen LogP contribution in [-0.4, -0.2) is 43.1 Å². The second-order valence-electron chi connectivity index (χ2n) is 9.95. The molecular weight excluding hydrogens is 494 g/mol. The molecule has 37 heavy (non-hydrogen) atoms. The van der Waals surface area contributed by atoms with Gasteiger partial charge in [0.1, 0.15) is 12.1 Å².